The molecule has 0 atom stereocenters. The van der Waals surface area contributed by atoms with E-state index in [1.807, 2.05) is 0 Å². The zero-order chi connectivity index (χ0) is 22.1. The third-order valence-corrected chi connectivity index (χ3v) is 5.67. The molecule has 3 rings (SSSR count). The van der Waals surface area contributed by atoms with Gasteiger partial charge in [0.05, 0.1) is 27.4 Å². The lowest BCUT2D eigenvalue weighted by Gasteiger charge is -2.13. The number of aromatic nitrogens is 1. The SMILES string of the molecule is Cc1oncc1C(=O)Nc1ccc(Cl)c(NS(=O)(=O)c2ccc(C(F)(F)F)cc2)c1. The van der Waals surface area contributed by atoms with Gasteiger partial charge in [-0.05, 0) is 49.4 Å². The van der Waals surface area contributed by atoms with Crippen LogP contribution in [-0.2, 0) is 16.2 Å². The van der Waals surface area contributed by atoms with Crippen molar-refractivity contribution in [1.82, 2.24) is 5.16 Å². The molecular formula is C18H13ClF3N3O4S. The minimum absolute atomic E-state index is 0.0182. The van der Waals surface area contributed by atoms with Crippen molar-refractivity contribution in [2.45, 2.75) is 18.0 Å². The number of aryl methyl sites for hydroxylation is 1. The van der Waals surface area contributed by atoms with Crippen LogP contribution in [0.25, 0.3) is 0 Å². The Kier molecular flexibility index (Phi) is 5.77. The fourth-order valence-corrected chi connectivity index (χ4v) is 3.71. The first-order valence-electron chi connectivity index (χ1n) is 8.19. The van der Waals surface area contributed by atoms with Crippen molar-refractivity contribution < 1.29 is 30.9 Å². The van der Waals surface area contributed by atoms with Crippen LogP contribution >= 0.6 is 11.6 Å². The number of carbonyl (C=O) groups excluding carboxylic acids is 1. The van der Waals surface area contributed by atoms with E-state index < -0.39 is 27.7 Å². The summed E-state index contributed by atoms with van der Waals surface area (Å²) in [5, 5.41) is 6.06. The second-order valence-electron chi connectivity index (χ2n) is 6.07. The minimum atomic E-state index is -4.59. The zero-order valence-corrected chi connectivity index (χ0v) is 16.7. The molecule has 30 heavy (non-hydrogen) atoms. The molecule has 0 saturated carbocycles. The molecule has 0 radical (unpaired) electrons. The van der Waals surface area contributed by atoms with Gasteiger partial charge < -0.3 is 9.84 Å². The number of benzene rings is 2. The molecular weight excluding hydrogens is 447 g/mol. The average Bonchev–Trinajstić information content (AvgIpc) is 3.10. The highest BCUT2D eigenvalue weighted by Crippen LogP contribution is 2.31. The molecule has 7 nitrogen and oxygen atoms in total. The van der Waals surface area contributed by atoms with Crippen LogP contribution in [0, 0.1) is 6.92 Å². The van der Waals surface area contributed by atoms with Crippen LogP contribution in [0.2, 0.25) is 5.02 Å². The summed E-state index contributed by atoms with van der Waals surface area (Å²) in [4.78, 5) is 11.8. The molecule has 0 saturated heterocycles. The number of amides is 1. The van der Waals surface area contributed by atoms with E-state index in [1.54, 1.807) is 6.92 Å². The van der Waals surface area contributed by atoms with Crippen LogP contribution in [0.1, 0.15) is 21.7 Å². The van der Waals surface area contributed by atoms with Crippen molar-refractivity contribution in [3.8, 4) is 0 Å². The second-order valence-corrected chi connectivity index (χ2v) is 8.16. The maximum Gasteiger partial charge on any atom is 0.416 e. The molecule has 2 N–H and O–H groups in total. The monoisotopic (exact) mass is 459 g/mol. The largest absolute Gasteiger partial charge is 0.416 e. The Morgan fingerprint density at radius 1 is 1.13 bits per heavy atom. The lowest BCUT2D eigenvalue weighted by Crippen LogP contribution is -2.15. The highest BCUT2D eigenvalue weighted by Gasteiger charge is 2.30. The molecule has 0 aliphatic heterocycles. The maximum absolute atomic E-state index is 12.7. The van der Waals surface area contributed by atoms with Crippen LogP contribution < -0.4 is 10.0 Å². The van der Waals surface area contributed by atoms with Crippen LogP contribution in [0.15, 0.2) is 58.1 Å². The van der Waals surface area contributed by atoms with Crippen LogP contribution in [-0.4, -0.2) is 19.5 Å². The van der Waals surface area contributed by atoms with Gasteiger partial charge in [-0.25, -0.2) is 8.42 Å². The number of hydrogen-bond donors (Lipinski definition) is 2. The van der Waals surface area contributed by atoms with Gasteiger partial charge in [0, 0.05) is 5.69 Å². The second kappa shape index (κ2) is 8.00. The standard InChI is InChI=1S/C18H13ClF3N3O4S/c1-10-14(9-23-29-10)17(26)24-12-4-7-15(19)16(8-12)25-30(27,28)13-5-2-11(3-6-13)18(20,21)22/h2-9,25H,1H3,(H,24,26). The van der Waals surface area contributed by atoms with E-state index in [0.717, 1.165) is 12.1 Å². The van der Waals surface area contributed by atoms with Crippen molar-refractivity contribution in [3.63, 3.8) is 0 Å². The van der Waals surface area contributed by atoms with Gasteiger partial charge in [-0.3, -0.25) is 9.52 Å². The fraction of sp³-hybridized carbons (Fsp3) is 0.111. The Bertz CT molecular complexity index is 1190. The summed E-state index contributed by atoms with van der Waals surface area (Å²) >= 11 is 6.02. The summed E-state index contributed by atoms with van der Waals surface area (Å²) in [6.45, 7) is 1.55. The highest BCUT2D eigenvalue weighted by molar-refractivity contribution is 7.92. The number of nitrogens with one attached hydrogen (secondary N) is 2. The summed E-state index contributed by atoms with van der Waals surface area (Å²) in [7, 11) is -4.23. The van der Waals surface area contributed by atoms with E-state index in [0.29, 0.717) is 17.9 Å². The molecule has 12 heteroatoms. The first-order chi connectivity index (χ1) is 14.0. The Hall–Kier alpha value is -3.05. The Morgan fingerprint density at radius 3 is 2.37 bits per heavy atom. The molecule has 0 bridgehead atoms. The Balaban J connectivity index is 1.83. The van der Waals surface area contributed by atoms with Gasteiger partial charge in [0.2, 0.25) is 0 Å². The normalized spacial score (nSPS) is 11.9. The van der Waals surface area contributed by atoms with Crippen LogP contribution in [0.4, 0.5) is 24.5 Å². The predicted octanol–water partition coefficient (Wildman–Crippen LogP) is 4.71. The summed E-state index contributed by atoms with van der Waals surface area (Å²) in [5.74, 6) is -0.239. The van der Waals surface area contributed by atoms with Crippen molar-refractivity contribution in [2.24, 2.45) is 0 Å². The molecule has 3 aromatic rings. The van der Waals surface area contributed by atoms with Gasteiger partial charge in [0.25, 0.3) is 15.9 Å². The first-order valence-corrected chi connectivity index (χ1v) is 10.1. The van der Waals surface area contributed by atoms with Crippen LogP contribution in [0.3, 0.4) is 0 Å². The summed E-state index contributed by atoms with van der Waals surface area (Å²) in [6, 6.07) is 7.05. The number of carbonyl (C=O) groups is 1. The van der Waals surface area contributed by atoms with Gasteiger partial charge in [-0.15, -0.1) is 0 Å². The van der Waals surface area contributed by atoms with Gasteiger partial charge in [-0.2, -0.15) is 13.2 Å². The van der Waals surface area contributed by atoms with E-state index in [-0.39, 0.29) is 26.9 Å². The minimum Gasteiger partial charge on any atom is -0.361 e. The molecule has 2 aromatic carbocycles. The third kappa shape index (κ3) is 4.74. The third-order valence-electron chi connectivity index (χ3n) is 3.96. The molecule has 158 valence electrons. The molecule has 1 amide bonds. The van der Waals surface area contributed by atoms with E-state index >= 15 is 0 Å². The molecule has 1 heterocycles. The van der Waals surface area contributed by atoms with E-state index in [4.69, 9.17) is 16.1 Å². The molecule has 0 aliphatic carbocycles. The number of halogens is 4. The van der Waals surface area contributed by atoms with Crippen molar-refractivity contribution in [1.29, 1.82) is 0 Å². The number of sulfonamides is 1. The topological polar surface area (TPSA) is 101 Å². The number of alkyl halides is 3. The highest BCUT2D eigenvalue weighted by atomic mass is 35.5. The van der Waals surface area contributed by atoms with Crippen LogP contribution in [0.5, 0.6) is 0 Å². The Labute approximate surface area is 173 Å². The predicted molar refractivity (Wildman–Crippen MR) is 103 cm³/mol. The van der Waals surface area contributed by atoms with E-state index in [9.17, 15) is 26.4 Å². The van der Waals surface area contributed by atoms with Gasteiger partial charge >= 0.3 is 6.18 Å². The van der Waals surface area contributed by atoms with E-state index in [2.05, 4.69) is 15.2 Å². The number of rotatable bonds is 5. The molecule has 0 unspecified atom stereocenters. The van der Waals surface area contributed by atoms with Crippen molar-refractivity contribution in [2.75, 3.05) is 10.0 Å². The molecule has 0 fully saturated rings. The lowest BCUT2D eigenvalue weighted by molar-refractivity contribution is -0.137. The lowest BCUT2D eigenvalue weighted by atomic mass is 10.2. The average molecular weight is 460 g/mol. The smallest absolute Gasteiger partial charge is 0.361 e. The maximum atomic E-state index is 12.7. The van der Waals surface area contributed by atoms with Gasteiger partial charge in [0.1, 0.15) is 11.3 Å². The molecule has 0 spiro atoms. The molecule has 1 aromatic heterocycles. The number of hydrogen-bond acceptors (Lipinski definition) is 5. The molecule has 0 aliphatic rings. The quantitative estimate of drug-likeness (QED) is 0.575. The summed E-state index contributed by atoms with van der Waals surface area (Å²) in [6.07, 6.45) is -3.36. The summed E-state index contributed by atoms with van der Waals surface area (Å²) in [5.41, 5.74) is -0.642. The number of nitrogens with zero attached hydrogens (tertiary/aromatic N) is 1. The van der Waals surface area contributed by atoms with Gasteiger partial charge in [0.15, 0.2) is 0 Å². The number of anilines is 2. The van der Waals surface area contributed by atoms with Crippen molar-refractivity contribution >= 4 is 38.9 Å². The Morgan fingerprint density at radius 2 is 1.80 bits per heavy atom. The van der Waals surface area contributed by atoms with Gasteiger partial charge in [-0.1, -0.05) is 16.8 Å². The first kappa shape index (κ1) is 21.7. The van der Waals surface area contributed by atoms with Crippen molar-refractivity contribution in [3.05, 3.63) is 70.6 Å². The van der Waals surface area contributed by atoms with E-state index in [1.165, 1.54) is 24.4 Å². The summed E-state index contributed by atoms with van der Waals surface area (Å²) < 4.78 is 70.0. The zero-order valence-electron chi connectivity index (χ0n) is 15.1. The fourth-order valence-electron chi connectivity index (χ4n) is 2.42.